The van der Waals surface area contributed by atoms with Gasteiger partial charge in [0, 0.05) is 0 Å². The molecule has 0 aromatic heterocycles. The van der Waals surface area contributed by atoms with Crippen molar-refractivity contribution in [3.8, 4) is 0 Å². The molecule has 0 saturated carbocycles. The zero-order valence-corrected chi connectivity index (χ0v) is 15.1. The number of methoxy groups -OCH3 is 1. The molecule has 1 rings (SSSR count). The normalized spacial score (nSPS) is 11.8. The highest BCUT2D eigenvalue weighted by atomic mass is 35.5. The number of carbonyl (C=O) groups is 2. The van der Waals surface area contributed by atoms with Gasteiger partial charge in [0.1, 0.15) is 6.04 Å². The Hall–Kier alpha value is -0.950. The maximum Gasteiger partial charge on any atom is 0.328 e. The van der Waals surface area contributed by atoms with Crippen molar-refractivity contribution in [1.82, 2.24) is 5.32 Å². The van der Waals surface area contributed by atoms with Gasteiger partial charge in [-0.15, -0.1) is 0 Å². The molecule has 1 aromatic carbocycles. The smallest absolute Gasteiger partial charge is 0.328 e. The molecule has 0 bridgehead atoms. The van der Waals surface area contributed by atoms with E-state index < -0.39 is 17.9 Å². The number of esters is 1. The van der Waals surface area contributed by atoms with Crippen molar-refractivity contribution in [1.29, 1.82) is 0 Å². The predicted octanol–water partition coefficient (Wildman–Crippen LogP) is 2.74. The summed E-state index contributed by atoms with van der Waals surface area (Å²) in [7, 11) is 1.28. The van der Waals surface area contributed by atoms with Gasteiger partial charge in [-0.2, -0.15) is 11.8 Å². The summed E-state index contributed by atoms with van der Waals surface area (Å²) < 4.78 is 4.74. The number of hydrogen-bond acceptors (Lipinski definition) is 5. The Kier molecular flexibility index (Phi) is 9.40. The van der Waals surface area contributed by atoms with Gasteiger partial charge in [-0.05, 0) is 43.0 Å². The highest BCUT2D eigenvalue weighted by Gasteiger charge is 2.24. The summed E-state index contributed by atoms with van der Waals surface area (Å²) in [6, 6.07) is 4.04. The van der Waals surface area contributed by atoms with Crippen LogP contribution in [0.3, 0.4) is 0 Å². The van der Waals surface area contributed by atoms with Crippen LogP contribution >= 0.6 is 35.0 Å². The molecular weight excluding hydrogens is 359 g/mol. The lowest BCUT2D eigenvalue weighted by molar-refractivity contribution is -0.142. The minimum absolute atomic E-state index is 0.153. The first-order valence-electron chi connectivity index (χ1n) is 7.11. The number of nitrogens with one attached hydrogen (secondary N) is 1. The largest absolute Gasteiger partial charge is 0.467 e. The Labute approximate surface area is 150 Å². The maximum absolute atomic E-state index is 12.3. The molecule has 5 nitrogen and oxygen atoms in total. The van der Waals surface area contributed by atoms with E-state index in [1.54, 1.807) is 30.0 Å². The summed E-state index contributed by atoms with van der Waals surface area (Å²) >= 11 is 13.7. The van der Waals surface area contributed by atoms with Crippen LogP contribution in [0, 0.1) is 0 Å². The lowest BCUT2D eigenvalue weighted by atomic mass is 10.1. The molecule has 1 amide bonds. The van der Waals surface area contributed by atoms with Crippen molar-refractivity contribution in [2.45, 2.75) is 18.9 Å². The van der Waals surface area contributed by atoms with Gasteiger partial charge in [0.05, 0.1) is 22.7 Å². The molecule has 0 saturated heterocycles. The van der Waals surface area contributed by atoms with Crippen LogP contribution in [0.4, 0.5) is 0 Å². The molecule has 0 unspecified atom stereocenters. The Morgan fingerprint density at radius 2 is 1.96 bits per heavy atom. The second kappa shape index (κ2) is 10.8. The molecule has 0 aliphatic heterocycles. The molecule has 8 heteroatoms. The lowest BCUT2D eigenvalue weighted by Gasteiger charge is -2.17. The van der Waals surface area contributed by atoms with Crippen molar-refractivity contribution in [2.75, 3.05) is 25.2 Å². The molecule has 0 radical (unpaired) electrons. The van der Waals surface area contributed by atoms with Crippen LogP contribution in [-0.2, 0) is 9.53 Å². The molecule has 0 fully saturated rings. The Morgan fingerprint density at radius 1 is 1.30 bits per heavy atom. The van der Waals surface area contributed by atoms with Crippen LogP contribution in [0.15, 0.2) is 18.2 Å². The summed E-state index contributed by atoms with van der Waals surface area (Å²) in [6.07, 6.45) is 1.37. The van der Waals surface area contributed by atoms with Crippen LogP contribution in [0.2, 0.25) is 10.0 Å². The van der Waals surface area contributed by atoms with E-state index in [2.05, 4.69) is 5.32 Å². The molecule has 0 spiro atoms. The lowest BCUT2D eigenvalue weighted by Crippen LogP contribution is -2.42. The van der Waals surface area contributed by atoms with E-state index in [1.807, 2.05) is 0 Å². The number of benzene rings is 1. The van der Waals surface area contributed by atoms with Gasteiger partial charge in [-0.1, -0.05) is 29.3 Å². The van der Waals surface area contributed by atoms with Gasteiger partial charge in [-0.25, -0.2) is 4.79 Å². The van der Waals surface area contributed by atoms with Crippen LogP contribution in [0.25, 0.3) is 0 Å². The van der Waals surface area contributed by atoms with E-state index in [-0.39, 0.29) is 15.6 Å². The average Bonchev–Trinajstić information content (AvgIpc) is 2.52. The topological polar surface area (TPSA) is 81.4 Å². The predicted molar refractivity (Wildman–Crippen MR) is 95.3 cm³/mol. The maximum atomic E-state index is 12.3. The zero-order valence-electron chi connectivity index (χ0n) is 12.8. The van der Waals surface area contributed by atoms with E-state index in [4.69, 9.17) is 33.7 Å². The number of carbonyl (C=O) groups excluding carboxylic acids is 2. The Balaban J connectivity index is 2.69. The van der Waals surface area contributed by atoms with E-state index in [1.165, 1.54) is 7.11 Å². The second-order valence-corrected chi connectivity index (χ2v) is 6.73. The summed E-state index contributed by atoms with van der Waals surface area (Å²) in [5.41, 5.74) is 5.58. The fourth-order valence-corrected chi connectivity index (χ4v) is 3.37. The van der Waals surface area contributed by atoms with Gasteiger partial charge < -0.3 is 15.8 Å². The van der Waals surface area contributed by atoms with Gasteiger partial charge in [0.2, 0.25) is 0 Å². The first-order chi connectivity index (χ1) is 11.0. The summed E-state index contributed by atoms with van der Waals surface area (Å²) in [5.74, 6) is 0.620. The third-order valence-corrected chi connectivity index (χ3v) is 4.76. The molecule has 0 aliphatic rings. The van der Waals surface area contributed by atoms with Gasteiger partial charge >= 0.3 is 5.97 Å². The van der Waals surface area contributed by atoms with E-state index in [0.29, 0.717) is 18.7 Å². The number of nitrogens with two attached hydrogens (primary N) is 1. The van der Waals surface area contributed by atoms with Crippen LogP contribution in [-0.4, -0.2) is 43.1 Å². The van der Waals surface area contributed by atoms with Crippen LogP contribution in [0.5, 0.6) is 0 Å². The minimum atomic E-state index is -0.745. The number of rotatable bonds is 9. The molecule has 128 valence electrons. The third kappa shape index (κ3) is 6.59. The third-order valence-electron chi connectivity index (χ3n) is 3.02. The molecule has 0 aliphatic carbocycles. The summed E-state index contributed by atoms with van der Waals surface area (Å²) in [6.45, 7) is 0.634. The Morgan fingerprint density at radius 3 is 2.52 bits per heavy atom. The number of ether oxygens (including phenoxy) is 1. The Bertz CT molecular complexity index is 523. The van der Waals surface area contributed by atoms with Crippen molar-refractivity contribution in [2.24, 2.45) is 5.73 Å². The molecule has 3 N–H and O–H groups in total. The van der Waals surface area contributed by atoms with E-state index in [9.17, 15) is 9.59 Å². The van der Waals surface area contributed by atoms with Crippen LogP contribution in [0.1, 0.15) is 23.2 Å². The SMILES string of the molecule is COC(=O)[C@H](CCSCCCN)NC(=O)c1c(Cl)cccc1Cl. The highest BCUT2D eigenvalue weighted by Crippen LogP contribution is 2.24. The van der Waals surface area contributed by atoms with Gasteiger partial charge in [0.25, 0.3) is 5.91 Å². The first kappa shape index (κ1) is 20.1. The van der Waals surface area contributed by atoms with E-state index in [0.717, 1.165) is 12.2 Å². The zero-order chi connectivity index (χ0) is 17.2. The molecule has 0 heterocycles. The van der Waals surface area contributed by atoms with Crippen molar-refractivity contribution in [3.63, 3.8) is 0 Å². The van der Waals surface area contributed by atoms with Gasteiger partial charge in [-0.3, -0.25) is 4.79 Å². The monoisotopic (exact) mass is 378 g/mol. The van der Waals surface area contributed by atoms with Crippen molar-refractivity contribution in [3.05, 3.63) is 33.8 Å². The van der Waals surface area contributed by atoms with Gasteiger partial charge in [0.15, 0.2) is 0 Å². The average molecular weight is 379 g/mol. The molecule has 23 heavy (non-hydrogen) atoms. The second-order valence-electron chi connectivity index (χ2n) is 4.69. The molecule has 1 aromatic rings. The minimum Gasteiger partial charge on any atom is -0.467 e. The summed E-state index contributed by atoms with van der Waals surface area (Å²) in [5, 5.41) is 3.10. The number of halogens is 2. The molecule has 1 atom stereocenters. The van der Waals surface area contributed by atoms with Crippen LogP contribution < -0.4 is 11.1 Å². The summed E-state index contributed by atoms with van der Waals surface area (Å²) in [4.78, 5) is 24.2. The highest BCUT2D eigenvalue weighted by molar-refractivity contribution is 7.99. The number of amides is 1. The number of hydrogen-bond donors (Lipinski definition) is 2. The van der Waals surface area contributed by atoms with Crippen molar-refractivity contribution >= 4 is 46.8 Å². The fourth-order valence-electron chi connectivity index (χ4n) is 1.82. The number of thioether (sulfide) groups is 1. The standard InChI is InChI=1S/C15H20Cl2N2O3S/c1-22-15(21)12(6-9-23-8-3-7-18)19-14(20)13-10(16)4-2-5-11(13)17/h2,4-5,12H,3,6-9,18H2,1H3,(H,19,20)/t12-/m0/s1. The molecular formula is C15H20Cl2N2O3S. The van der Waals surface area contributed by atoms with Crippen molar-refractivity contribution < 1.29 is 14.3 Å². The quantitative estimate of drug-likeness (QED) is 0.509. The fraction of sp³-hybridized carbons (Fsp3) is 0.467. The van der Waals surface area contributed by atoms with E-state index >= 15 is 0 Å². The first-order valence-corrected chi connectivity index (χ1v) is 9.02.